The minimum atomic E-state index is -0.773. The highest BCUT2D eigenvalue weighted by Crippen LogP contribution is 2.12. The number of benzene rings is 1. The number of carbonyl (C=O) groups excluding carboxylic acids is 2. The largest absolute Gasteiger partial charge is 0.422 e. The molecule has 0 bridgehead atoms. The molecule has 2 rings (SSSR count). The van der Waals surface area contributed by atoms with Crippen molar-refractivity contribution in [2.24, 2.45) is 0 Å². The average Bonchev–Trinajstić information content (AvgIpc) is 2.46. The Hall–Kier alpha value is -2.67. The fraction of sp³-hybridized carbons (Fsp3) is 0.154. The molecule has 104 valence electrons. The summed E-state index contributed by atoms with van der Waals surface area (Å²) in [5.41, 5.74) is 1.43. The maximum absolute atomic E-state index is 11.8. The molecule has 0 spiro atoms. The zero-order chi connectivity index (χ0) is 14.5. The Bertz CT molecular complexity index is 707. The molecule has 0 saturated carbocycles. The highest BCUT2D eigenvalue weighted by molar-refractivity contribution is 5.96. The molecule has 0 aliphatic rings. The van der Waals surface area contributed by atoms with Gasteiger partial charge in [-0.3, -0.25) is 14.4 Å². The van der Waals surface area contributed by atoms with Crippen LogP contribution < -0.4 is 16.4 Å². The number of para-hydroxylation sites is 1. The molecule has 7 heteroatoms. The second-order valence-electron chi connectivity index (χ2n) is 3.88. The van der Waals surface area contributed by atoms with E-state index in [1.54, 1.807) is 24.3 Å². The van der Waals surface area contributed by atoms with Gasteiger partial charge in [0.25, 0.3) is 5.91 Å². The minimum absolute atomic E-state index is 0.194. The zero-order valence-corrected chi connectivity index (χ0v) is 10.6. The van der Waals surface area contributed by atoms with Crippen molar-refractivity contribution >= 4 is 22.8 Å². The smallest absolute Gasteiger partial charge is 0.349 e. The molecule has 7 nitrogen and oxygen atoms in total. The van der Waals surface area contributed by atoms with E-state index in [4.69, 9.17) is 4.42 Å². The Morgan fingerprint density at radius 1 is 1.30 bits per heavy atom. The van der Waals surface area contributed by atoms with Gasteiger partial charge >= 0.3 is 5.63 Å². The van der Waals surface area contributed by atoms with Gasteiger partial charge in [-0.15, -0.1) is 0 Å². The molecule has 0 aliphatic heterocycles. The first kappa shape index (κ1) is 13.8. The first-order chi connectivity index (χ1) is 9.61. The van der Waals surface area contributed by atoms with Gasteiger partial charge in [0.15, 0.2) is 6.61 Å². The average molecular weight is 276 g/mol. The van der Waals surface area contributed by atoms with E-state index >= 15 is 0 Å². The van der Waals surface area contributed by atoms with Crippen molar-refractivity contribution in [3.05, 3.63) is 46.3 Å². The van der Waals surface area contributed by atoms with E-state index in [1.165, 1.54) is 13.1 Å². The summed E-state index contributed by atoms with van der Waals surface area (Å²) in [7, 11) is 1.44. The van der Waals surface area contributed by atoms with Crippen LogP contribution in [0.3, 0.4) is 0 Å². The third-order valence-corrected chi connectivity index (χ3v) is 2.53. The number of amides is 2. The maximum Gasteiger partial charge on any atom is 0.349 e. The second-order valence-corrected chi connectivity index (χ2v) is 3.88. The Kier molecular flexibility index (Phi) is 4.11. The molecule has 1 aromatic carbocycles. The third-order valence-electron chi connectivity index (χ3n) is 2.53. The quantitative estimate of drug-likeness (QED) is 0.614. The molecule has 2 amide bonds. The molecule has 2 N–H and O–H groups in total. The van der Waals surface area contributed by atoms with Crippen LogP contribution in [0.5, 0.6) is 0 Å². The standard InChI is InChI=1S/C13H12N2O5/c1-14-11(16)7-19-15-12(17)9-6-8-4-2-3-5-10(8)20-13(9)18/h2-6H,7H2,1H3,(H,14,16)(H,15,17). The minimum Gasteiger partial charge on any atom is -0.422 e. The van der Waals surface area contributed by atoms with Crippen LogP contribution in [0.1, 0.15) is 10.4 Å². The van der Waals surface area contributed by atoms with E-state index in [0.29, 0.717) is 11.0 Å². The molecule has 0 fully saturated rings. The summed E-state index contributed by atoms with van der Waals surface area (Å²) in [5.74, 6) is -1.18. The summed E-state index contributed by atoms with van der Waals surface area (Å²) >= 11 is 0. The normalized spacial score (nSPS) is 10.2. The van der Waals surface area contributed by atoms with Gasteiger partial charge in [0.05, 0.1) is 0 Å². The van der Waals surface area contributed by atoms with Gasteiger partial charge in [-0.2, -0.15) is 0 Å². The number of rotatable bonds is 4. The molecule has 2 aromatic rings. The highest BCUT2D eigenvalue weighted by atomic mass is 16.7. The van der Waals surface area contributed by atoms with Crippen molar-refractivity contribution < 1.29 is 18.8 Å². The van der Waals surface area contributed by atoms with Crippen LogP contribution in [-0.4, -0.2) is 25.5 Å². The second kappa shape index (κ2) is 5.98. The van der Waals surface area contributed by atoms with Crippen LogP contribution in [0.4, 0.5) is 0 Å². The predicted octanol–water partition coefficient (Wildman–Crippen LogP) is 0.200. The molecule has 0 unspecified atom stereocenters. The van der Waals surface area contributed by atoms with Crippen molar-refractivity contribution in [1.82, 2.24) is 10.8 Å². The highest BCUT2D eigenvalue weighted by Gasteiger charge is 2.14. The van der Waals surface area contributed by atoms with E-state index in [9.17, 15) is 14.4 Å². The lowest BCUT2D eigenvalue weighted by atomic mass is 10.2. The van der Waals surface area contributed by atoms with Crippen LogP contribution >= 0.6 is 0 Å². The fourth-order valence-corrected chi connectivity index (χ4v) is 1.51. The number of fused-ring (bicyclic) bond motifs is 1. The Labute approximate surface area is 113 Å². The van der Waals surface area contributed by atoms with Crippen molar-refractivity contribution in [3.63, 3.8) is 0 Å². The van der Waals surface area contributed by atoms with Crippen molar-refractivity contribution in [2.75, 3.05) is 13.7 Å². The fourth-order valence-electron chi connectivity index (χ4n) is 1.51. The lowest BCUT2D eigenvalue weighted by molar-refractivity contribution is -0.126. The number of carbonyl (C=O) groups is 2. The summed E-state index contributed by atoms with van der Waals surface area (Å²) in [6, 6.07) is 8.21. The molecule has 20 heavy (non-hydrogen) atoms. The van der Waals surface area contributed by atoms with Gasteiger partial charge in [0, 0.05) is 12.4 Å². The van der Waals surface area contributed by atoms with Crippen molar-refractivity contribution in [1.29, 1.82) is 0 Å². The summed E-state index contributed by atoms with van der Waals surface area (Å²) in [4.78, 5) is 39.0. The number of hydroxylamine groups is 1. The molecule has 0 saturated heterocycles. The number of nitrogens with one attached hydrogen (secondary N) is 2. The SMILES string of the molecule is CNC(=O)CONC(=O)c1cc2ccccc2oc1=O. The molecule has 0 aliphatic carbocycles. The van der Waals surface area contributed by atoms with E-state index in [2.05, 4.69) is 10.2 Å². The first-order valence-corrected chi connectivity index (χ1v) is 5.77. The van der Waals surface area contributed by atoms with E-state index in [-0.39, 0.29) is 12.2 Å². The van der Waals surface area contributed by atoms with Crippen LogP contribution in [0.25, 0.3) is 11.0 Å². The molecule has 1 heterocycles. The summed E-state index contributed by atoms with van der Waals surface area (Å²) in [5, 5.41) is 2.93. The van der Waals surface area contributed by atoms with Gasteiger partial charge < -0.3 is 9.73 Å². The predicted molar refractivity (Wildman–Crippen MR) is 70.0 cm³/mol. The number of hydrogen-bond acceptors (Lipinski definition) is 5. The van der Waals surface area contributed by atoms with Crippen molar-refractivity contribution in [3.8, 4) is 0 Å². The van der Waals surface area contributed by atoms with E-state index < -0.39 is 17.4 Å². The lowest BCUT2D eigenvalue weighted by Gasteiger charge is -2.05. The number of hydrogen-bond donors (Lipinski definition) is 2. The summed E-state index contributed by atoms with van der Waals surface area (Å²) in [6.07, 6.45) is 0. The Balaban J connectivity index is 2.15. The Morgan fingerprint density at radius 3 is 2.80 bits per heavy atom. The van der Waals surface area contributed by atoms with Crippen LogP contribution in [0, 0.1) is 0 Å². The van der Waals surface area contributed by atoms with Crippen molar-refractivity contribution in [2.45, 2.75) is 0 Å². The lowest BCUT2D eigenvalue weighted by Crippen LogP contribution is -2.33. The summed E-state index contributed by atoms with van der Waals surface area (Å²) < 4.78 is 5.01. The van der Waals surface area contributed by atoms with Crippen LogP contribution in [0.2, 0.25) is 0 Å². The van der Waals surface area contributed by atoms with E-state index in [1.807, 2.05) is 5.48 Å². The third kappa shape index (κ3) is 3.01. The maximum atomic E-state index is 11.8. The van der Waals surface area contributed by atoms with Gasteiger partial charge in [0.2, 0.25) is 5.91 Å². The van der Waals surface area contributed by atoms with Gasteiger partial charge in [-0.25, -0.2) is 10.3 Å². The van der Waals surface area contributed by atoms with Gasteiger partial charge in [-0.1, -0.05) is 18.2 Å². The molecule has 0 atom stereocenters. The van der Waals surface area contributed by atoms with Gasteiger partial charge in [-0.05, 0) is 12.1 Å². The first-order valence-electron chi connectivity index (χ1n) is 5.77. The monoisotopic (exact) mass is 276 g/mol. The van der Waals surface area contributed by atoms with Crippen LogP contribution in [0.15, 0.2) is 39.5 Å². The molecular weight excluding hydrogens is 264 g/mol. The zero-order valence-electron chi connectivity index (χ0n) is 10.6. The summed E-state index contributed by atoms with van der Waals surface area (Å²) in [6.45, 7) is -0.346. The van der Waals surface area contributed by atoms with Gasteiger partial charge in [0.1, 0.15) is 11.1 Å². The molecule has 1 aromatic heterocycles. The van der Waals surface area contributed by atoms with E-state index in [0.717, 1.165) is 0 Å². The number of likely N-dealkylation sites (N-methyl/N-ethyl adjacent to an activating group) is 1. The topological polar surface area (TPSA) is 97.6 Å². The van der Waals surface area contributed by atoms with Crippen LogP contribution in [-0.2, 0) is 9.63 Å². The Morgan fingerprint density at radius 2 is 2.05 bits per heavy atom. The molecule has 0 radical (unpaired) electrons. The molecular formula is C13H12N2O5.